The predicted molar refractivity (Wildman–Crippen MR) is 84.8 cm³/mol. The van der Waals surface area contributed by atoms with Gasteiger partial charge in [-0.2, -0.15) is 0 Å². The lowest BCUT2D eigenvalue weighted by atomic mass is 9.78. The largest absolute Gasteiger partial charge is 0.351 e. The first-order valence-corrected chi connectivity index (χ1v) is 8.48. The first-order valence-electron chi connectivity index (χ1n) is 8.48. The van der Waals surface area contributed by atoms with Crippen LogP contribution in [0.4, 0.5) is 4.39 Å². The van der Waals surface area contributed by atoms with Gasteiger partial charge in [0, 0.05) is 18.2 Å². The Morgan fingerprint density at radius 3 is 2.82 bits per heavy atom. The molecule has 0 spiro atoms. The van der Waals surface area contributed by atoms with E-state index in [4.69, 9.17) is 0 Å². The lowest BCUT2D eigenvalue weighted by Crippen LogP contribution is -2.50. The van der Waals surface area contributed by atoms with Crippen molar-refractivity contribution >= 4 is 5.91 Å². The van der Waals surface area contributed by atoms with E-state index in [9.17, 15) is 9.18 Å². The Bertz CT molecular complexity index is 518. The number of benzene rings is 1. The van der Waals surface area contributed by atoms with E-state index >= 15 is 0 Å². The fourth-order valence-electron chi connectivity index (χ4n) is 4.00. The third kappa shape index (κ3) is 3.67. The van der Waals surface area contributed by atoms with Crippen LogP contribution in [0, 0.1) is 11.7 Å². The van der Waals surface area contributed by atoms with Gasteiger partial charge in [-0.15, -0.1) is 0 Å². The second-order valence-electron chi connectivity index (χ2n) is 6.59. The van der Waals surface area contributed by atoms with E-state index in [0.717, 1.165) is 12.5 Å². The molecule has 2 atom stereocenters. The predicted octanol–water partition coefficient (Wildman–Crippen LogP) is 3.10. The number of carbonyl (C=O) groups is 1. The molecule has 0 radical (unpaired) electrons. The summed E-state index contributed by atoms with van der Waals surface area (Å²) < 4.78 is 13.6. The number of hydrogen-bond acceptors (Lipinski definition) is 2. The highest BCUT2D eigenvalue weighted by Crippen LogP contribution is 2.34. The maximum atomic E-state index is 13.6. The molecule has 0 unspecified atom stereocenters. The summed E-state index contributed by atoms with van der Waals surface area (Å²) in [6.07, 6.45) is 7.69. The number of hydrogen-bond donors (Lipinski definition) is 1. The van der Waals surface area contributed by atoms with Crippen LogP contribution in [0.2, 0.25) is 0 Å². The summed E-state index contributed by atoms with van der Waals surface area (Å²) in [5.41, 5.74) is 0.546. The lowest BCUT2D eigenvalue weighted by molar-refractivity contribution is -0.124. The van der Waals surface area contributed by atoms with E-state index in [2.05, 4.69) is 10.2 Å². The summed E-state index contributed by atoms with van der Waals surface area (Å²) in [4.78, 5) is 14.5. The Labute approximate surface area is 131 Å². The maximum absolute atomic E-state index is 13.6. The molecule has 1 heterocycles. The van der Waals surface area contributed by atoms with E-state index in [1.54, 1.807) is 18.2 Å². The van der Waals surface area contributed by atoms with Crippen LogP contribution in [0.5, 0.6) is 0 Å². The van der Waals surface area contributed by atoms with Gasteiger partial charge in [0.15, 0.2) is 0 Å². The minimum absolute atomic E-state index is 0.00877. The first kappa shape index (κ1) is 15.5. The molecule has 0 bridgehead atoms. The highest BCUT2D eigenvalue weighted by atomic mass is 19.1. The highest BCUT2D eigenvalue weighted by molar-refractivity contribution is 5.78. The van der Waals surface area contributed by atoms with Crippen LogP contribution < -0.4 is 5.32 Å². The Kier molecular flexibility index (Phi) is 5.08. The second-order valence-corrected chi connectivity index (χ2v) is 6.59. The highest BCUT2D eigenvalue weighted by Gasteiger charge is 2.33. The first-order chi connectivity index (χ1) is 10.7. The van der Waals surface area contributed by atoms with Gasteiger partial charge in [0.1, 0.15) is 5.82 Å². The van der Waals surface area contributed by atoms with Crippen molar-refractivity contribution in [2.45, 2.75) is 51.1 Å². The molecule has 1 saturated carbocycles. The SMILES string of the molecule is O=C(CN1CCC[C@@H]2CCCC[C@@H]21)NCc1ccccc1F. The van der Waals surface area contributed by atoms with Crippen molar-refractivity contribution in [3.63, 3.8) is 0 Å². The molecule has 2 fully saturated rings. The molecule has 22 heavy (non-hydrogen) atoms. The number of fused-ring (bicyclic) bond motifs is 1. The number of likely N-dealkylation sites (tertiary alicyclic amines) is 1. The van der Waals surface area contributed by atoms with Gasteiger partial charge in [0.05, 0.1) is 6.54 Å². The Morgan fingerprint density at radius 2 is 1.95 bits per heavy atom. The maximum Gasteiger partial charge on any atom is 0.234 e. The van der Waals surface area contributed by atoms with Crippen LogP contribution in [-0.4, -0.2) is 29.9 Å². The minimum Gasteiger partial charge on any atom is -0.351 e. The number of halogens is 1. The third-order valence-corrected chi connectivity index (χ3v) is 5.14. The van der Waals surface area contributed by atoms with Crippen molar-refractivity contribution in [3.05, 3.63) is 35.6 Å². The van der Waals surface area contributed by atoms with E-state index < -0.39 is 0 Å². The van der Waals surface area contributed by atoms with Gasteiger partial charge < -0.3 is 5.32 Å². The third-order valence-electron chi connectivity index (χ3n) is 5.14. The van der Waals surface area contributed by atoms with Crippen molar-refractivity contribution in [1.82, 2.24) is 10.2 Å². The van der Waals surface area contributed by atoms with Gasteiger partial charge in [-0.1, -0.05) is 31.0 Å². The summed E-state index contributed by atoms with van der Waals surface area (Å²) in [5, 5.41) is 2.86. The molecule has 3 rings (SSSR count). The Morgan fingerprint density at radius 1 is 1.18 bits per heavy atom. The van der Waals surface area contributed by atoms with Crippen molar-refractivity contribution in [1.29, 1.82) is 0 Å². The molecule has 3 nitrogen and oxygen atoms in total. The number of nitrogens with one attached hydrogen (secondary N) is 1. The fraction of sp³-hybridized carbons (Fsp3) is 0.611. The van der Waals surface area contributed by atoms with Gasteiger partial charge in [0.2, 0.25) is 5.91 Å². The topological polar surface area (TPSA) is 32.3 Å². The molecule has 1 saturated heterocycles. The normalized spacial score (nSPS) is 25.5. The van der Waals surface area contributed by atoms with Crippen molar-refractivity contribution < 1.29 is 9.18 Å². The summed E-state index contributed by atoms with van der Waals surface area (Å²) in [5.74, 6) is 0.532. The summed E-state index contributed by atoms with van der Waals surface area (Å²) in [7, 11) is 0. The molecule has 2 aliphatic rings. The molecule has 1 aliphatic carbocycles. The second kappa shape index (κ2) is 7.23. The molecule has 0 aromatic heterocycles. The zero-order valence-electron chi connectivity index (χ0n) is 13.1. The summed E-state index contributed by atoms with van der Waals surface area (Å²) >= 11 is 0. The van der Waals surface area contributed by atoms with Gasteiger partial charge in [0.25, 0.3) is 0 Å². The molecule has 1 N–H and O–H groups in total. The Balaban J connectivity index is 1.51. The number of carbonyl (C=O) groups excluding carboxylic acids is 1. The quantitative estimate of drug-likeness (QED) is 0.927. The molecular formula is C18H25FN2O. The van der Waals surface area contributed by atoms with E-state index in [0.29, 0.717) is 18.2 Å². The van der Waals surface area contributed by atoms with Crippen LogP contribution in [0.15, 0.2) is 24.3 Å². The van der Waals surface area contributed by atoms with Crippen LogP contribution in [0.25, 0.3) is 0 Å². The number of amides is 1. The van der Waals surface area contributed by atoms with E-state index in [-0.39, 0.29) is 18.3 Å². The fourth-order valence-corrected chi connectivity index (χ4v) is 4.00. The summed E-state index contributed by atoms with van der Waals surface area (Å²) in [6, 6.07) is 7.19. The standard InChI is InChI=1S/C18H25FN2O/c19-16-9-3-1-7-15(16)12-20-18(22)13-21-11-5-8-14-6-2-4-10-17(14)21/h1,3,7,9,14,17H,2,4-6,8,10-13H2,(H,20,22)/t14-,17-/m0/s1. The zero-order valence-corrected chi connectivity index (χ0v) is 13.1. The molecular weight excluding hydrogens is 279 g/mol. The van der Waals surface area contributed by atoms with Crippen molar-refractivity contribution in [2.24, 2.45) is 5.92 Å². The Hall–Kier alpha value is -1.42. The number of rotatable bonds is 4. The van der Waals surface area contributed by atoms with Gasteiger partial charge in [-0.05, 0) is 44.2 Å². The van der Waals surface area contributed by atoms with Gasteiger partial charge >= 0.3 is 0 Å². The molecule has 1 aromatic rings. The lowest BCUT2D eigenvalue weighted by Gasteiger charge is -2.43. The average molecular weight is 304 g/mol. The number of nitrogens with zero attached hydrogens (tertiary/aromatic N) is 1. The molecule has 120 valence electrons. The van der Waals surface area contributed by atoms with Gasteiger partial charge in [-0.3, -0.25) is 9.69 Å². The minimum atomic E-state index is -0.256. The smallest absolute Gasteiger partial charge is 0.234 e. The van der Waals surface area contributed by atoms with E-state index in [1.807, 2.05) is 0 Å². The van der Waals surface area contributed by atoms with Crippen molar-refractivity contribution in [3.8, 4) is 0 Å². The molecule has 1 aliphatic heterocycles. The van der Waals surface area contributed by atoms with Crippen LogP contribution >= 0.6 is 0 Å². The van der Waals surface area contributed by atoms with Crippen LogP contribution in [-0.2, 0) is 11.3 Å². The van der Waals surface area contributed by atoms with Crippen LogP contribution in [0.1, 0.15) is 44.1 Å². The molecule has 4 heteroatoms. The average Bonchev–Trinajstić information content (AvgIpc) is 2.54. The molecule has 1 aromatic carbocycles. The molecule has 1 amide bonds. The monoisotopic (exact) mass is 304 g/mol. The van der Waals surface area contributed by atoms with Gasteiger partial charge in [-0.25, -0.2) is 4.39 Å². The zero-order chi connectivity index (χ0) is 15.4. The summed E-state index contributed by atoms with van der Waals surface area (Å²) in [6.45, 7) is 1.75. The van der Waals surface area contributed by atoms with Crippen LogP contribution in [0.3, 0.4) is 0 Å². The van der Waals surface area contributed by atoms with Crippen molar-refractivity contribution in [2.75, 3.05) is 13.1 Å². The number of piperidine rings is 1. The van der Waals surface area contributed by atoms with E-state index in [1.165, 1.54) is 44.6 Å².